The maximum Gasteiger partial charge on any atom is 0.224 e. The number of halogens is 1. The van der Waals surface area contributed by atoms with Crippen molar-refractivity contribution in [3.8, 4) is 0 Å². The highest BCUT2D eigenvalue weighted by atomic mass is 35.5. The summed E-state index contributed by atoms with van der Waals surface area (Å²) in [7, 11) is 0. The Balaban J connectivity index is 1.64. The number of oxazole rings is 1. The molecule has 0 unspecified atom stereocenters. The summed E-state index contributed by atoms with van der Waals surface area (Å²) in [6, 6.07) is 9.31. The van der Waals surface area contributed by atoms with Crippen LogP contribution in [-0.2, 0) is 11.2 Å². The largest absolute Gasteiger partial charge is 0.440 e. The summed E-state index contributed by atoms with van der Waals surface area (Å²) in [6.45, 7) is 4.06. The van der Waals surface area contributed by atoms with E-state index in [-0.39, 0.29) is 11.8 Å². The third-order valence-corrected chi connectivity index (χ3v) is 4.70. The standard InChI is InChI=1S/C17H17ClN2O2S/c1-10(2)17-20-13-9-11(3-6-14(13)22-17)19-16(21)8-5-12-4-7-15(18)23-12/h3-4,6-7,9-10H,5,8H2,1-2H3,(H,19,21). The SMILES string of the molecule is CC(C)c1nc2cc(NC(=O)CCc3ccc(Cl)s3)ccc2o1. The minimum atomic E-state index is -0.0264. The molecule has 3 aromatic rings. The highest BCUT2D eigenvalue weighted by molar-refractivity contribution is 7.16. The Bertz CT molecular complexity index is 838. The van der Waals surface area contributed by atoms with Gasteiger partial charge in [0.1, 0.15) is 5.52 Å². The monoisotopic (exact) mass is 348 g/mol. The van der Waals surface area contributed by atoms with Gasteiger partial charge in [0.15, 0.2) is 11.5 Å². The molecule has 0 saturated heterocycles. The Morgan fingerprint density at radius 3 is 2.87 bits per heavy atom. The van der Waals surface area contributed by atoms with Crippen LogP contribution < -0.4 is 5.32 Å². The van der Waals surface area contributed by atoms with Gasteiger partial charge in [0.2, 0.25) is 5.91 Å². The van der Waals surface area contributed by atoms with Crippen molar-refractivity contribution >= 4 is 45.6 Å². The zero-order valence-corrected chi connectivity index (χ0v) is 14.5. The number of aryl methyl sites for hydroxylation is 1. The number of benzene rings is 1. The first-order valence-electron chi connectivity index (χ1n) is 7.46. The first kappa shape index (κ1) is 16.0. The average molecular weight is 349 g/mol. The zero-order valence-electron chi connectivity index (χ0n) is 12.9. The number of amides is 1. The summed E-state index contributed by atoms with van der Waals surface area (Å²) in [5.41, 5.74) is 2.23. The van der Waals surface area contributed by atoms with Crippen molar-refractivity contribution in [2.45, 2.75) is 32.6 Å². The van der Waals surface area contributed by atoms with E-state index in [4.69, 9.17) is 16.0 Å². The summed E-state index contributed by atoms with van der Waals surface area (Å²) < 4.78 is 6.41. The van der Waals surface area contributed by atoms with Gasteiger partial charge in [-0.2, -0.15) is 0 Å². The van der Waals surface area contributed by atoms with E-state index in [2.05, 4.69) is 10.3 Å². The van der Waals surface area contributed by atoms with Crippen LogP contribution >= 0.6 is 22.9 Å². The molecular formula is C17H17ClN2O2S. The molecule has 0 bridgehead atoms. The van der Waals surface area contributed by atoms with Crippen LogP contribution in [0, 0.1) is 0 Å². The zero-order chi connectivity index (χ0) is 16.4. The Morgan fingerprint density at radius 2 is 2.17 bits per heavy atom. The fraction of sp³-hybridized carbons (Fsp3) is 0.294. The average Bonchev–Trinajstić information content (AvgIpc) is 3.10. The summed E-state index contributed by atoms with van der Waals surface area (Å²) in [5.74, 6) is 0.914. The molecule has 2 aromatic heterocycles. The fourth-order valence-electron chi connectivity index (χ4n) is 2.22. The van der Waals surface area contributed by atoms with Gasteiger partial charge in [-0.15, -0.1) is 11.3 Å². The van der Waals surface area contributed by atoms with Crippen molar-refractivity contribution in [3.05, 3.63) is 45.4 Å². The van der Waals surface area contributed by atoms with Crippen LogP contribution in [0.15, 0.2) is 34.7 Å². The van der Waals surface area contributed by atoms with Crippen molar-refractivity contribution in [1.82, 2.24) is 4.98 Å². The van der Waals surface area contributed by atoms with E-state index in [1.54, 1.807) is 0 Å². The molecule has 6 heteroatoms. The molecule has 0 aliphatic heterocycles. The molecule has 0 saturated carbocycles. The summed E-state index contributed by atoms with van der Waals surface area (Å²) in [6.07, 6.45) is 1.11. The van der Waals surface area contributed by atoms with E-state index >= 15 is 0 Å². The number of hydrogen-bond acceptors (Lipinski definition) is 4. The summed E-state index contributed by atoms with van der Waals surface area (Å²) in [4.78, 5) is 17.6. The number of thiophene rings is 1. The van der Waals surface area contributed by atoms with Gasteiger partial charge in [-0.3, -0.25) is 4.79 Å². The van der Waals surface area contributed by atoms with E-state index in [1.165, 1.54) is 11.3 Å². The lowest BCUT2D eigenvalue weighted by Crippen LogP contribution is -2.11. The second-order valence-electron chi connectivity index (χ2n) is 5.64. The maximum absolute atomic E-state index is 12.1. The lowest BCUT2D eigenvalue weighted by Gasteiger charge is -2.04. The minimum Gasteiger partial charge on any atom is -0.440 e. The van der Waals surface area contributed by atoms with Crippen LogP contribution in [-0.4, -0.2) is 10.9 Å². The van der Waals surface area contributed by atoms with Crippen molar-refractivity contribution in [2.75, 3.05) is 5.32 Å². The molecule has 1 amide bonds. The molecule has 0 atom stereocenters. The molecule has 2 heterocycles. The van der Waals surface area contributed by atoms with Gasteiger partial charge in [-0.1, -0.05) is 25.4 Å². The first-order valence-corrected chi connectivity index (χ1v) is 8.65. The topological polar surface area (TPSA) is 55.1 Å². The number of nitrogens with zero attached hydrogens (tertiary/aromatic N) is 1. The third kappa shape index (κ3) is 3.92. The first-order chi connectivity index (χ1) is 11.0. The molecule has 1 N–H and O–H groups in total. The summed E-state index contributed by atoms with van der Waals surface area (Å²) >= 11 is 7.39. The number of anilines is 1. The summed E-state index contributed by atoms with van der Waals surface area (Å²) in [5, 5.41) is 2.90. The molecule has 3 rings (SSSR count). The number of carbonyl (C=O) groups is 1. The van der Waals surface area contributed by atoms with Crippen molar-refractivity contribution in [3.63, 3.8) is 0 Å². The van der Waals surface area contributed by atoms with Crippen LogP contribution in [0.25, 0.3) is 11.1 Å². The maximum atomic E-state index is 12.1. The van der Waals surface area contributed by atoms with Crippen LogP contribution in [0.5, 0.6) is 0 Å². The Labute approximate surface area is 143 Å². The molecule has 0 spiro atoms. The van der Waals surface area contributed by atoms with Crippen molar-refractivity contribution in [1.29, 1.82) is 0 Å². The molecule has 0 fully saturated rings. The van der Waals surface area contributed by atoms with Gasteiger partial charge >= 0.3 is 0 Å². The van der Waals surface area contributed by atoms with E-state index in [9.17, 15) is 4.79 Å². The second-order valence-corrected chi connectivity index (χ2v) is 7.44. The number of hydrogen-bond donors (Lipinski definition) is 1. The quantitative estimate of drug-likeness (QED) is 0.686. The molecule has 1 aromatic carbocycles. The van der Waals surface area contributed by atoms with Gasteiger partial charge in [-0.25, -0.2) is 4.98 Å². The Hall–Kier alpha value is -1.85. The lowest BCUT2D eigenvalue weighted by atomic mass is 10.2. The van der Waals surface area contributed by atoms with Crippen molar-refractivity contribution < 1.29 is 9.21 Å². The van der Waals surface area contributed by atoms with Gasteiger partial charge < -0.3 is 9.73 Å². The predicted molar refractivity (Wildman–Crippen MR) is 94.4 cm³/mol. The molecule has 0 aliphatic carbocycles. The third-order valence-electron chi connectivity index (χ3n) is 3.41. The molecule has 23 heavy (non-hydrogen) atoms. The van der Waals surface area contributed by atoms with E-state index in [0.717, 1.165) is 26.0 Å². The molecule has 0 aliphatic rings. The number of rotatable bonds is 5. The minimum absolute atomic E-state index is 0.0264. The van der Waals surface area contributed by atoms with Gasteiger partial charge in [0, 0.05) is 22.9 Å². The second kappa shape index (κ2) is 6.72. The normalized spacial score (nSPS) is 11.3. The Kier molecular flexibility index (Phi) is 4.68. The van der Waals surface area contributed by atoms with Gasteiger partial charge in [0.05, 0.1) is 4.34 Å². The molecule has 0 radical (unpaired) electrons. The van der Waals surface area contributed by atoms with Crippen LogP contribution in [0.1, 0.15) is 37.0 Å². The van der Waals surface area contributed by atoms with Crippen LogP contribution in [0.3, 0.4) is 0 Å². The number of carbonyl (C=O) groups excluding carboxylic acids is 1. The van der Waals surface area contributed by atoms with E-state index in [1.807, 2.05) is 44.2 Å². The lowest BCUT2D eigenvalue weighted by molar-refractivity contribution is -0.116. The number of aromatic nitrogens is 1. The van der Waals surface area contributed by atoms with Crippen LogP contribution in [0.4, 0.5) is 5.69 Å². The van der Waals surface area contributed by atoms with Gasteiger partial charge in [-0.05, 0) is 36.8 Å². The highest BCUT2D eigenvalue weighted by Gasteiger charge is 2.11. The van der Waals surface area contributed by atoms with Gasteiger partial charge in [0.25, 0.3) is 0 Å². The smallest absolute Gasteiger partial charge is 0.224 e. The number of fused-ring (bicyclic) bond motifs is 1. The molecular weight excluding hydrogens is 332 g/mol. The molecule has 4 nitrogen and oxygen atoms in total. The highest BCUT2D eigenvalue weighted by Crippen LogP contribution is 2.25. The molecule has 120 valence electrons. The fourth-order valence-corrected chi connectivity index (χ4v) is 3.30. The Morgan fingerprint density at radius 1 is 1.35 bits per heavy atom. The van der Waals surface area contributed by atoms with E-state index < -0.39 is 0 Å². The number of nitrogens with one attached hydrogen (secondary N) is 1. The van der Waals surface area contributed by atoms with Crippen LogP contribution in [0.2, 0.25) is 4.34 Å². The van der Waals surface area contributed by atoms with E-state index in [0.29, 0.717) is 18.7 Å². The van der Waals surface area contributed by atoms with Crippen molar-refractivity contribution in [2.24, 2.45) is 0 Å². The predicted octanol–water partition coefficient (Wildman–Crippen LogP) is 5.24.